The van der Waals surface area contributed by atoms with Gasteiger partial charge < -0.3 is 19.4 Å². The minimum Gasteiger partial charge on any atom is -0.493 e. The molecule has 1 aliphatic rings. The van der Waals surface area contributed by atoms with Crippen molar-refractivity contribution in [2.45, 2.75) is 12.8 Å². The topological polar surface area (TPSA) is 71.6 Å². The number of H-pyrrole nitrogens is 1. The van der Waals surface area contributed by atoms with Gasteiger partial charge in [-0.2, -0.15) is 0 Å². The number of hydrogen-bond acceptors (Lipinski definition) is 4. The summed E-state index contributed by atoms with van der Waals surface area (Å²) in [6, 6.07) is 12.8. The van der Waals surface area contributed by atoms with Crippen LogP contribution in [0.2, 0.25) is 0 Å². The second kappa shape index (κ2) is 7.99. The Morgan fingerprint density at radius 1 is 1.00 bits per heavy atom. The van der Waals surface area contributed by atoms with E-state index in [4.69, 9.17) is 9.47 Å². The van der Waals surface area contributed by atoms with Gasteiger partial charge in [0.25, 0.3) is 5.91 Å². The lowest BCUT2D eigenvalue weighted by atomic mass is 9.89. The summed E-state index contributed by atoms with van der Waals surface area (Å²) in [5, 5.41) is 1.07. The van der Waals surface area contributed by atoms with Crippen LogP contribution in [0.4, 0.5) is 0 Å². The van der Waals surface area contributed by atoms with E-state index in [1.54, 1.807) is 37.3 Å². The molecule has 6 heteroatoms. The van der Waals surface area contributed by atoms with Gasteiger partial charge >= 0.3 is 0 Å². The lowest BCUT2D eigenvalue weighted by Crippen LogP contribution is -2.42. The monoisotopic (exact) mass is 392 g/mol. The number of carbonyl (C=O) groups is 2. The molecule has 1 saturated heterocycles. The summed E-state index contributed by atoms with van der Waals surface area (Å²) in [6.07, 6.45) is 3.43. The molecule has 0 bridgehead atoms. The maximum Gasteiger partial charge on any atom is 0.253 e. The van der Waals surface area contributed by atoms with Crippen LogP contribution < -0.4 is 9.47 Å². The molecular formula is C23H24N2O4. The van der Waals surface area contributed by atoms with Crippen molar-refractivity contribution in [2.75, 3.05) is 27.3 Å². The van der Waals surface area contributed by atoms with E-state index in [9.17, 15) is 9.59 Å². The second-order valence-electron chi connectivity index (χ2n) is 7.30. The first-order chi connectivity index (χ1) is 14.1. The molecule has 1 N–H and O–H groups in total. The third kappa shape index (κ3) is 3.70. The van der Waals surface area contributed by atoms with Gasteiger partial charge in [0.2, 0.25) is 0 Å². The molecule has 6 nitrogen and oxygen atoms in total. The first kappa shape index (κ1) is 19.1. The van der Waals surface area contributed by atoms with Gasteiger partial charge in [-0.05, 0) is 54.6 Å². The number of amides is 1. The van der Waals surface area contributed by atoms with E-state index >= 15 is 0 Å². The minimum atomic E-state index is -0.222. The summed E-state index contributed by atoms with van der Waals surface area (Å²) in [6.45, 7) is 1.09. The van der Waals surface area contributed by atoms with Gasteiger partial charge in [-0.3, -0.25) is 9.59 Å². The van der Waals surface area contributed by atoms with E-state index in [-0.39, 0.29) is 17.6 Å². The molecule has 0 radical (unpaired) electrons. The summed E-state index contributed by atoms with van der Waals surface area (Å²) < 4.78 is 10.6. The van der Waals surface area contributed by atoms with Crippen LogP contribution in [0.15, 0.2) is 48.7 Å². The molecule has 2 aromatic carbocycles. The molecular weight excluding hydrogens is 368 g/mol. The molecule has 0 aliphatic carbocycles. The lowest BCUT2D eigenvalue weighted by Gasteiger charge is -2.32. The second-order valence-corrected chi connectivity index (χ2v) is 7.30. The van der Waals surface area contributed by atoms with Gasteiger partial charge in [-0.1, -0.05) is 6.07 Å². The van der Waals surface area contributed by atoms with Gasteiger partial charge in [-0.15, -0.1) is 0 Å². The Bertz CT molecular complexity index is 1060. The van der Waals surface area contributed by atoms with E-state index in [1.165, 1.54) is 0 Å². The van der Waals surface area contributed by atoms with Crippen molar-refractivity contribution < 1.29 is 19.1 Å². The van der Waals surface area contributed by atoms with Crippen molar-refractivity contribution in [2.24, 2.45) is 5.92 Å². The zero-order valence-electron chi connectivity index (χ0n) is 16.6. The molecule has 1 amide bonds. The van der Waals surface area contributed by atoms with Crippen LogP contribution in [0.5, 0.6) is 11.5 Å². The van der Waals surface area contributed by atoms with Gasteiger partial charge in [0, 0.05) is 41.8 Å². The molecule has 2 heterocycles. The number of ether oxygens (including phenoxy) is 2. The number of methoxy groups -OCH3 is 2. The van der Waals surface area contributed by atoms with Crippen molar-refractivity contribution in [3.8, 4) is 11.5 Å². The van der Waals surface area contributed by atoms with Crippen LogP contribution in [-0.2, 0) is 0 Å². The minimum absolute atomic E-state index is 0.0308. The fourth-order valence-electron chi connectivity index (χ4n) is 3.96. The highest BCUT2D eigenvalue weighted by molar-refractivity contribution is 6.00. The Balaban J connectivity index is 1.51. The molecule has 29 heavy (non-hydrogen) atoms. The number of hydrogen-bond donors (Lipinski definition) is 1. The lowest BCUT2D eigenvalue weighted by molar-refractivity contribution is 0.0637. The number of aromatic amines is 1. The Hall–Kier alpha value is -3.28. The molecule has 150 valence electrons. The fraction of sp³-hybridized carbons (Fsp3) is 0.304. The number of likely N-dealkylation sites (tertiary alicyclic amines) is 1. The van der Waals surface area contributed by atoms with E-state index in [2.05, 4.69) is 4.98 Å². The zero-order valence-corrected chi connectivity index (χ0v) is 16.6. The average molecular weight is 392 g/mol. The predicted molar refractivity (Wildman–Crippen MR) is 111 cm³/mol. The summed E-state index contributed by atoms with van der Waals surface area (Å²) in [5.41, 5.74) is 2.15. The number of aromatic nitrogens is 1. The van der Waals surface area contributed by atoms with Crippen LogP contribution in [0, 0.1) is 5.92 Å². The largest absolute Gasteiger partial charge is 0.493 e. The Morgan fingerprint density at radius 3 is 2.59 bits per heavy atom. The third-order valence-electron chi connectivity index (χ3n) is 5.55. The summed E-state index contributed by atoms with van der Waals surface area (Å²) >= 11 is 0. The van der Waals surface area contributed by atoms with Crippen LogP contribution in [-0.4, -0.2) is 48.9 Å². The van der Waals surface area contributed by atoms with Crippen LogP contribution in [0.25, 0.3) is 10.9 Å². The molecule has 0 saturated carbocycles. The summed E-state index contributed by atoms with van der Waals surface area (Å²) in [5.74, 6) is 0.889. The maximum absolute atomic E-state index is 13.1. The van der Waals surface area contributed by atoms with Crippen molar-refractivity contribution in [3.05, 3.63) is 59.8 Å². The van der Waals surface area contributed by atoms with Crippen molar-refractivity contribution >= 4 is 22.6 Å². The standard InChI is InChI=1S/C23H24N2O4/c1-28-20-8-7-16(13-21(20)29-2)22(26)18-4-3-11-25(14-18)23(27)17-6-5-15-9-10-24-19(15)12-17/h5-10,12-13,18,24H,3-4,11,14H2,1-2H3. The van der Waals surface area contributed by atoms with Gasteiger partial charge in [0.1, 0.15) is 0 Å². The van der Waals surface area contributed by atoms with E-state index in [0.717, 1.165) is 23.7 Å². The number of nitrogens with one attached hydrogen (secondary N) is 1. The quantitative estimate of drug-likeness (QED) is 0.668. The number of fused-ring (bicyclic) bond motifs is 1. The summed E-state index contributed by atoms with van der Waals surface area (Å²) in [4.78, 5) is 31.0. The molecule has 0 spiro atoms. The Labute approximate surface area is 169 Å². The summed E-state index contributed by atoms with van der Waals surface area (Å²) in [7, 11) is 3.11. The van der Waals surface area contributed by atoms with Crippen molar-refractivity contribution in [3.63, 3.8) is 0 Å². The highest BCUT2D eigenvalue weighted by Gasteiger charge is 2.30. The van der Waals surface area contributed by atoms with Gasteiger partial charge in [0.05, 0.1) is 14.2 Å². The molecule has 4 rings (SSSR count). The van der Waals surface area contributed by atoms with Gasteiger partial charge in [0.15, 0.2) is 17.3 Å². The number of benzene rings is 2. The Kier molecular flexibility index (Phi) is 5.25. The molecule has 1 unspecified atom stereocenters. The van der Waals surface area contributed by atoms with Crippen LogP contribution in [0.1, 0.15) is 33.6 Å². The Morgan fingerprint density at radius 2 is 1.79 bits per heavy atom. The molecule has 1 atom stereocenters. The number of carbonyl (C=O) groups excluding carboxylic acids is 2. The smallest absolute Gasteiger partial charge is 0.253 e. The van der Waals surface area contributed by atoms with E-state index < -0.39 is 0 Å². The highest BCUT2D eigenvalue weighted by atomic mass is 16.5. The first-order valence-corrected chi connectivity index (χ1v) is 9.73. The van der Waals surface area contributed by atoms with Gasteiger partial charge in [-0.25, -0.2) is 0 Å². The molecule has 1 aromatic heterocycles. The fourth-order valence-corrected chi connectivity index (χ4v) is 3.96. The molecule has 1 fully saturated rings. The van der Waals surface area contributed by atoms with Crippen molar-refractivity contribution in [1.82, 2.24) is 9.88 Å². The van der Waals surface area contributed by atoms with E-state index in [0.29, 0.717) is 35.7 Å². The number of piperidine rings is 1. The highest BCUT2D eigenvalue weighted by Crippen LogP contribution is 2.30. The SMILES string of the molecule is COc1ccc(C(=O)C2CCCN(C(=O)c3ccc4cc[nH]c4c3)C2)cc1OC. The number of nitrogens with zero attached hydrogens (tertiary/aromatic N) is 1. The molecule has 3 aromatic rings. The number of Topliss-reactive ketones (excluding diaryl/α,β-unsaturated/α-hetero) is 1. The number of ketones is 1. The number of rotatable bonds is 5. The zero-order chi connectivity index (χ0) is 20.4. The van der Waals surface area contributed by atoms with Crippen LogP contribution >= 0.6 is 0 Å². The predicted octanol–water partition coefficient (Wildman–Crippen LogP) is 3.92. The molecule has 1 aliphatic heterocycles. The average Bonchev–Trinajstić information content (AvgIpc) is 3.25. The normalized spacial score (nSPS) is 16.6. The third-order valence-corrected chi connectivity index (χ3v) is 5.55. The van der Waals surface area contributed by atoms with E-state index in [1.807, 2.05) is 30.5 Å². The maximum atomic E-state index is 13.1. The van der Waals surface area contributed by atoms with Crippen molar-refractivity contribution in [1.29, 1.82) is 0 Å². The first-order valence-electron chi connectivity index (χ1n) is 9.73. The van der Waals surface area contributed by atoms with Crippen LogP contribution in [0.3, 0.4) is 0 Å².